The third-order valence-electron chi connectivity index (χ3n) is 8.57. The minimum absolute atomic E-state index is 0.0689. The van der Waals surface area contributed by atoms with Crippen LogP contribution in [0.5, 0.6) is 0 Å². The molecule has 0 atom stereocenters. The Hall–Kier alpha value is -3.30. The van der Waals surface area contributed by atoms with Crippen molar-refractivity contribution in [1.82, 2.24) is 15.3 Å². The molecule has 1 aliphatic carbocycles. The van der Waals surface area contributed by atoms with E-state index in [1.165, 1.54) is 23.1 Å². The Bertz CT molecular complexity index is 1320. The van der Waals surface area contributed by atoms with Crippen LogP contribution >= 0.6 is 12.2 Å². The molecule has 0 unspecified atom stereocenters. The highest BCUT2D eigenvalue weighted by atomic mass is 32.1. The largest absolute Gasteiger partial charge is 0.378 e. The van der Waals surface area contributed by atoms with Crippen LogP contribution in [0, 0.1) is 5.82 Å². The van der Waals surface area contributed by atoms with Crippen molar-refractivity contribution in [2.75, 3.05) is 54.5 Å². The van der Waals surface area contributed by atoms with Crippen LogP contribution in [0.1, 0.15) is 48.8 Å². The van der Waals surface area contributed by atoms with Crippen LogP contribution < -0.4 is 20.4 Å². The molecule has 0 radical (unpaired) electrons. The fraction of sp³-hybridized carbons (Fsp3) is 0.452. The maximum absolute atomic E-state index is 13.7. The second-order valence-corrected chi connectivity index (χ2v) is 11.5. The third-order valence-corrected chi connectivity index (χ3v) is 8.82. The average molecular weight is 561 g/mol. The highest BCUT2D eigenvalue weighted by Gasteiger charge is 2.34. The predicted octanol–water partition coefficient (Wildman–Crippen LogP) is 5.20. The van der Waals surface area contributed by atoms with Crippen molar-refractivity contribution in [2.24, 2.45) is 0 Å². The Morgan fingerprint density at radius 2 is 1.60 bits per heavy atom. The number of nitrogens with zero attached hydrogens (tertiary/aromatic N) is 4. The Kier molecular flexibility index (Phi) is 8.11. The van der Waals surface area contributed by atoms with Gasteiger partial charge in [-0.2, -0.15) is 9.97 Å². The molecule has 210 valence electrons. The quantitative estimate of drug-likeness (QED) is 0.399. The van der Waals surface area contributed by atoms with E-state index in [1.54, 1.807) is 12.1 Å². The molecule has 3 aromatic rings. The van der Waals surface area contributed by atoms with Crippen molar-refractivity contribution in [3.05, 3.63) is 77.1 Å². The van der Waals surface area contributed by atoms with Crippen molar-refractivity contribution in [1.29, 1.82) is 0 Å². The Morgan fingerprint density at radius 3 is 2.35 bits per heavy atom. The van der Waals surface area contributed by atoms with Crippen LogP contribution in [-0.2, 0) is 23.1 Å². The lowest BCUT2D eigenvalue weighted by atomic mass is 9.69. The van der Waals surface area contributed by atoms with Gasteiger partial charge in [-0.05, 0) is 60.3 Å². The zero-order valence-corrected chi connectivity index (χ0v) is 23.7. The summed E-state index contributed by atoms with van der Waals surface area (Å²) in [5, 5.41) is 7.26. The maximum Gasteiger partial charge on any atom is 0.232 e. The summed E-state index contributed by atoms with van der Waals surface area (Å²) in [5.41, 5.74) is 3.84. The van der Waals surface area contributed by atoms with Crippen LogP contribution in [0.2, 0.25) is 0 Å². The van der Waals surface area contributed by atoms with Crippen LogP contribution in [0.25, 0.3) is 0 Å². The van der Waals surface area contributed by atoms with Gasteiger partial charge in [0.15, 0.2) is 5.11 Å². The lowest BCUT2D eigenvalue weighted by Gasteiger charge is -2.38. The number of fused-ring (bicyclic) bond motifs is 1. The van der Waals surface area contributed by atoms with E-state index in [1.807, 2.05) is 12.1 Å². The normalized spacial score (nSPS) is 18.6. The van der Waals surface area contributed by atoms with E-state index in [9.17, 15) is 4.39 Å². The van der Waals surface area contributed by atoms with Gasteiger partial charge in [-0.1, -0.05) is 55.7 Å². The summed E-state index contributed by atoms with van der Waals surface area (Å²) >= 11 is 5.77. The smallest absolute Gasteiger partial charge is 0.232 e. The standard InChI is InChI=1S/C31H37FN6OS/c32-26-10-8-25(9-11-26)31(13-4-1-5-14-31)22-33-30(40)36-29-34-27(37-16-18-39-19-17-37)20-28(35-29)38-15-12-23-6-2-3-7-24(23)21-38/h2-3,6-11,20H,1,4-5,12-19,21-22H2,(H2,33,34,35,36,40). The number of anilines is 3. The summed E-state index contributed by atoms with van der Waals surface area (Å²) < 4.78 is 19.2. The molecule has 3 aliphatic rings. The van der Waals surface area contributed by atoms with E-state index in [0.29, 0.717) is 30.8 Å². The Morgan fingerprint density at radius 1 is 0.900 bits per heavy atom. The van der Waals surface area contributed by atoms with Crippen molar-refractivity contribution in [3.8, 4) is 0 Å². The van der Waals surface area contributed by atoms with E-state index in [2.05, 4.69) is 50.8 Å². The van der Waals surface area contributed by atoms with E-state index in [4.69, 9.17) is 26.9 Å². The van der Waals surface area contributed by atoms with Crippen molar-refractivity contribution < 1.29 is 9.13 Å². The highest BCUT2D eigenvalue weighted by molar-refractivity contribution is 7.80. The summed E-state index contributed by atoms with van der Waals surface area (Å²) in [6.45, 7) is 5.36. The predicted molar refractivity (Wildman–Crippen MR) is 162 cm³/mol. The van der Waals surface area contributed by atoms with Gasteiger partial charge in [-0.3, -0.25) is 0 Å². The number of morpholine rings is 1. The van der Waals surface area contributed by atoms with Gasteiger partial charge in [0.05, 0.1) is 13.2 Å². The van der Waals surface area contributed by atoms with Crippen LogP contribution in [0.4, 0.5) is 22.0 Å². The second kappa shape index (κ2) is 12.1. The minimum Gasteiger partial charge on any atom is -0.378 e. The number of halogens is 1. The molecule has 2 N–H and O–H groups in total. The van der Waals surface area contributed by atoms with Gasteiger partial charge < -0.3 is 25.2 Å². The molecule has 1 saturated heterocycles. The van der Waals surface area contributed by atoms with Gasteiger partial charge >= 0.3 is 0 Å². The van der Waals surface area contributed by atoms with Crippen LogP contribution in [0.3, 0.4) is 0 Å². The van der Waals surface area contributed by atoms with E-state index < -0.39 is 0 Å². The molecule has 2 fully saturated rings. The molecule has 0 bridgehead atoms. The first kappa shape index (κ1) is 26.9. The lowest BCUT2D eigenvalue weighted by molar-refractivity contribution is 0.122. The SMILES string of the molecule is Fc1ccc(C2(CNC(=S)Nc3nc(N4CCOCC4)cc(N4CCc5ccccc5C4)n3)CCCCC2)cc1. The zero-order valence-electron chi connectivity index (χ0n) is 22.9. The average Bonchev–Trinajstić information content (AvgIpc) is 3.01. The summed E-state index contributed by atoms with van der Waals surface area (Å²) in [5.74, 6) is 2.07. The first-order valence-electron chi connectivity index (χ1n) is 14.4. The molecule has 40 heavy (non-hydrogen) atoms. The first-order valence-corrected chi connectivity index (χ1v) is 14.8. The van der Waals surface area contributed by atoms with Gasteiger partial charge in [0.1, 0.15) is 17.5 Å². The summed E-state index contributed by atoms with van der Waals surface area (Å²) in [7, 11) is 0. The van der Waals surface area contributed by atoms with E-state index >= 15 is 0 Å². The molecule has 2 aliphatic heterocycles. The van der Waals surface area contributed by atoms with Gasteiger partial charge in [0, 0.05) is 44.2 Å². The number of hydrogen-bond donors (Lipinski definition) is 2. The maximum atomic E-state index is 13.7. The van der Waals surface area contributed by atoms with Crippen molar-refractivity contribution >= 4 is 34.9 Å². The summed E-state index contributed by atoms with van der Waals surface area (Å²) in [4.78, 5) is 14.4. The summed E-state index contributed by atoms with van der Waals surface area (Å²) in [6, 6.07) is 17.7. The topological polar surface area (TPSA) is 65.6 Å². The molecule has 9 heteroatoms. The second-order valence-electron chi connectivity index (χ2n) is 11.1. The number of rotatable bonds is 6. The monoisotopic (exact) mass is 560 g/mol. The number of nitrogens with one attached hydrogen (secondary N) is 2. The fourth-order valence-corrected chi connectivity index (χ4v) is 6.44. The molecule has 1 saturated carbocycles. The molecule has 6 rings (SSSR count). The Labute approximate surface area is 241 Å². The van der Waals surface area contributed by atoms with Crippen molar-refractivity contribution in [3.63, 3.8) is 0 Å². The molecular formula is C31H37FN6OS. The molecule has 7 nitrogen and oxygen atoms in total. The molecule has 0 spiro atoms. The lowest BCUT2D eigenvalue weighted by Crippen LogP contribution is -2.43. The van der Waals surface area contributed by atoms with Gasteiger partial charge in [0.2, 0.25) is 5.95 Å². The Balaban J connectivity index is 1.20. The highest BCUT2D eigenvalue weighted by Crippen LogP contribution is 2.39. The fourth-order valence-electron chi connectivity index (χ4n) is 6.28. The number of benzene rings is 2. The number of ether oxygens (including phenoxy) is 1. The molecule has 0 amide bonds. The molecule has 3 heterocycles. The number of hydrogen-bond acceptors (Lipinski definition) is 6. The minimum atomic E-state index is -0.204. The van der Waals surface area contributed by atoms with E-state index in [0.717, 1.165) is 69.9 Å². The van der Waals surface area contributed by atoms with Gasteiger partial charge in [0.25, 0.3) is 0 Å². The van der Waals surface area contributed by atoms with Gasteiger partial charge in [-0.15, -0.1) is 0 Å². The van der Waals surface area contributed by atoms with E-state index in [-0.39, 0.29) is 11.2 Å². The van der Waals surface area contributed by atoms with Crippen LogP contribution in [-0.4, -0.2) is 54.5 Å². The van der Waals surface area contributed by atoms with Crippen LogP contribution in [0.15, 0.2) is 54.6 Å². The van der Waals surface area contributed by atoms with Crippen molar-refractivity contribution in [2.45, 2.75) is 50.5 Å². The summed E-state index contributed by atoms with van der Waals surface area (Å²) in [6.07, 6.45) is 6.65. The zero-order chi connectivity index (χ0) is 27.4. The molecule has 2 aromatic carbocycles. The molecule has 1 aromatic heterocycles. The third kappa shape index (κ3) is 6.05. The first-order chi connectivity index (χ1) is 19.6. The van der Waals surface area contributed by atoms with Gasteiger partial charge in [-0.25, -0.2) is 4.39 Å². The molecular weight excluding hydrogens is 523 g/mol. The number of thiocarbonyl (C=S) groups is 1. The number of aromatic nitrogens is 2.